The van der Waals surface area contributed by atoms with Crippen LogP contribution >= 0.6 is 0 Å². The third-order valence-corrected chi connectivity index (χ3v) is 2.97. The molecular weight excluding hydrogens is 244 g/mol. The molecular formula is C10H20N2O4S. The molecule has 0 spiro atoms. The maximum Gasteiger partial charge on any atom is 0.236 e. The first kappa shape index (κ1) is 15.9. The molecule has 17 heavy (non-hydrogen) atoms. The van der Waals surface area contributed by atoms with Crippen LogP contribution in [0.15, 0.2) is 12.8 Å². The number of hydrogen-bond donors (Lipinski definition) is 2. The Labute approximate surface area is 102 Å². The van der Waals surface area contributed by atoms with Crippen LogP contribution in [0, 0.1) is 0 Å². The Morgan fingerprint density at radius 1 is 1.59 bits per heavy atom. The molecule has 0 aromatic carbocycles. The standard InChI is InChI=1S/C10H20N2O4S/c1-3-16-7-4-6-12-10(13)9(11)5-8-17(2,14)15/h3,9H,1,4-8,11H2,2H3,(H,12,13). The molecule has 0 saturated carbocycles. The Kier molecular flexibility index (Phi) is 7.56. The van der Waals surface area contributed by atoms with E-state index in [1.807, 2.05) is 0 Å². The smallest absolute Gasteiger partial charge is 0.236 e. The van der Waals surface area contributed by atoms with Crippen molar-refractivity contribution in [2.75, 3.05) is 25.2 Å². The van der Waals surface area contributed by atoms with Crippen LogP contribution in [0.2, 0.25) is 0 Å². The van der Waals surface area contributed by atoms with Gasteiger partial charge in [-0.25, -0.2) is 8.42 Å². The minimum Gasteiger partial charge on any atom is -0.502 e. The van der Waals surface area contributed by atoms with E-state index in [1.54, 1.807) is 0 Å². The Hall–Kier alpha value is -1.08. The molecule has 1 unspecified atom stereocenters. The van der Waals surface area contributed by atoms with E-state index in [1.165, 1.54) is 6.26 Å². The van der Waals surface area contributed by atoms with Gasteiger partial charge in [0.15, 0.2) is 0 Å². The van der Waals surface area contributed by atoms with Crippen molar-refractivity contribution in [2.45, 2.75) is 18.9 Å². The molecule has 7 heteroatoms. The van der Waals surface area contributed by atoms with Crippen LogP contribution in [0.4, 0.5) is 0 Å². The van der Waals surface area contributed by atoms with Gasteiger partial charge in [0.05, 0.1) is 24.7 Å². The fourth-order valence-corrected chi connectivity index (χ4v) is 1.74. The average molecular weight is 264 g/mol. The molecule has 0 radical (unpaired) electrons. The van der Waals surface area contributed by atoms with Crippen LogP contribution in [-0.2, 0) is 19.4 Å². The number of amides is 1. The molecule has 0 rings (SSSR count). The third kappa shape index (κ3) is 9.83. The van der Waals surface area contributed by atoms with Gasteiger partial charge in [0, 0.05) is 12.8 Å². The lowest BCUT2D eigenvalue weighted by atomic mass is 10.2. The quantitative estimate of drug-likeness (QED) is 0.428. The van der Waals surface area contributed by atoms with Gasteiger partial charge in [0.25, 0.3) is 0 Å². The molecule has 0 saturated heterocycles. The minimum atomic E-state index is -3.08. The average Bonchev–Trinajstić information content (AvgIpc) is 2.24. The zero-order valence-electron chi connectivity index (χ0n) is 10.0. The topological polar surface area (TPSA) is 98.5 Å². The first-order chi connectivity index (χ1) is 7.87. The second kappa shape index (κ2) is 8.08. The van der Waals surface area contributed by atoms with Gasteiger partial charge < -0.3 is 15.8 Å². The summed E-state index contributed by atoms with van der Waals surface area (Å²) >= 11 is 0. The Bertz CT molecular complexity index is 340. The van der Waals surface area contributed by atoms with Crippen molar-refractivity contribution >= 4 is 15.7 Å². The van der Waals surface area contributed by atoms with Crippen LogP contribution < -0.4 is 11.1 Å². The van der Waals surface area contributed by atoms with E-state index in [4.69, 9.17) is 10.5 Å². The molecule has 0 aromatic rings. The first-order valence-electron chi connectivity index (χ1n) is 5.30. The van der Waals surface area contributed by atoms with Crippen LogP contribution in [0.25, 0.3) is 0 Å². The fraction of sp³-hybridized carbons (Fsp3) is 0.700. The zero-order chi connectivity index (χ0) is 13.3. The lowest BCUT2D eigenvalue weighted by Gasteiger charge is -2.11. The van der Waals surface area contributed by atoms with Crippen molar-refractivity contribution in [3.05, 3.63) is 12.8 Å². The lowest BCUT2D eigenvalue weighted by molar-refractivity contribution is -0.122. The van der Waals surface area contributed by atoms with Crippen molar-refractivity contribution in [3.63, 3.8) is 0 Å². The molecule has 0 aliphatic heterocycles. The number of nitrogens with two attached hydrogens (primary N) is 1. The van der Waals surface area contributed by atoms with Crippen LogP contribution in [0.5, 0.6) is 0 Å². The predicted molar refractivity (Wildman–Crippen MR) is 66.1 cm³/mol. The number of nitrogens with one attached hydrogen (secondary N) is 1. The van der Waals surface area contributed by atoms with E-state index in [9.17, 15) is 13.2 Å². The second-order valence-electron chi connectivity index (χ2n) is 3.71. The first-order valence-corrected chi connectivity index (χ1v) is 7.36. The van der Waals surface area contributed by atoms with E-state index in [2.05, 4.69) is 11.9 Å². The van der Waals surface area contributed by atoms with Crippen molar-refractivity contribution in [1.29, 1.82) is 0 Å². The molecule has 100 valence electrons. The summed E-state index contributed by atoms with van der Waals surface area (Å²) in [5.41, 5.74) is 5.54. The summed E-state index contributed by atoms with van der Waals surface area (Å²) in [5.74, 6) is -0.423. The number of carbonyl (C=O) groups is 1. The van der Waals surface area contributed by atoms with E-state index in [0.717, 1.165) is 6.26 Å². The number of ether oxygens (including phenoxy) is 1. The van der Waals surface area contributed by atoms with Crippen LogP contribution in [-0.4, -0.2) is 45.5 Å². The molecule has 0 bridgehead atoms. The van der Waals surface area contributed by atoms with Crippen molar-refractivity contribution < 1.29 is 17.9 Å². The molecule has 0 aromatic heterocycles. The summed E-state index contributed by atoms with van der Waals surface area (Å²) in [5, 5.41) is 2.60. The summed E-state index contributed by atoms with van der Waals surface area (Å²) in [6.07, 6.45) is 3.23. The van der Waals surface area contributed by atoms with Gasteiger partial charge in [-0.3, -0.25) is 4.79 Å². The summed E-state index contributed by atoms with van der Waals surface area (Å²) in [4.78, 5) is 11.4. The predicted octanol–water partition coefficient (Wildman–Crippen LogP) is -0.585. The number of carbonyl (C=O) groups excluding carboxylic acids is 1. The largest absolute Gasteiger partial charge is 0.502 e. The van der Waals surface area contributed by atoms with Crippen molar-refractivity contribution in [3.8, 4) is 0 Å². The SMILES string of the molecule is C=COCCCNC(=O)C(N)CCS(C)(=O)=O. The second-order valence-corrected chi connectivity index (χ2v) is 5.97. The van der Waals surface area contributed by atoms with Gasteiger partial charge in [-0.05, 0) is 12.8 Å². The lowest BCUT2D eigenvalue weighted by Crippen LogP contribution is -2.42. The Balaban J connectivity index is 3.71. The highest BCUT2D eigenvalue weighted by atomic mass is 32.2. The monoisotopic (exact) mass is 264 g/mol. The van der Waals surface area contributed by atoms with E-state index < -0.39 is 15.9 Å². The summed E-state index contributed by atoms with van der Waals surface area (Å²) in [6.45, 7) is 4.30. The summed E-state index contributed by atoms with van der Waals surface area (Å²) in [7, 11) is -3.08. The third-order valence-electron chi connectivity index (χ3n) is 1.99. The number of hydrogen-bond acceptors (Lipinski definition) is 5. The molecule has 0 aliphatic carbocycles. The zero-order valence-corrected chi connectivity index (χ0v) is 10.8. The van der Waals surface area contributed by atoms with Crippen molar-refractivity contribution in [1.82, 2.24) is 5.32 Å². The number of sulfone groups is 1. The summed E-state index contributed by atoms with van der Waals surface area (Å²) in [6, 6.07) is -0.787. The Morgan fingerprint density at radius 2 is 2.24 bits per heavy atom. The maximum atomic E-state index is 11.4. The molecule has 1 amide bonds. The van der Waals surface area contributed by atoms with Gasteiger partial charge in [-0.15, -0.1) is 0 Å². The van der Waals surface area contributed by atoms with Crippen LogP contribution in [0.1, 0.15) is 12.8 Å². The van der Waals surface area contributed by atoms with Gasteiger partial charge in [-0.1, -0.05) is 6.58 Å². The van der Waals surface area contributed by atoms with Crippen LogP contribution in [0.3, 0.4) is 0 Å². The van der Waals surface area contributed by atoms with Gasteiger partial charge in [-0.2, -0.15) is 0 Å². The molecule has 0 heterocycles. The maximum absolute atomic E-state index is 11.4. The fourth-order valence-electron chi connectivity index (χ4n) is 1.05. The normalized spacial score (nSPS) is 12.8. The van der Waals surface area contributed by atoms with Gasteiger partial charge >= 0.3 is 0 Å². The minimum absolute atomic E-state index is 0.0822. The molecule has 0 fully saturated rings. The highest BCUT2D eigenvalue weighted by Gasteiger charge is 2.15. The molecule has 3 N–H and O–H groups in total. The molecule has 6 nitrogen and oxygen atoms in total. The van der Waals surface area contributed by atoms with E-state index in [-0.39, 0.29) is 18.1 Å². The molecule has 0 aliphatic rings. The highest BCUT2D eigenvalue weighted by molar-refractivity contribution is 7.90. The summed E-state index contributed by atoms with van der Waals surface area (Å²) < 4.78 is 26.6. The van der Waals surface area contributed by atoms with Crippen molar-refractivity contribution in [2.24, 2.45) is 5.73 Å². The highest BCUT2D eigenvalue weighted by Crippen LogP contribution is 1.94. The van der Waals surface area contributed by atoms with Gasteiger partial charge in [0.1, 0.15) is 9.84 Å². The van der Waals surface area contributed by atoms with E-state index in [0.29, 0.717) is 19.6 Å². The molecule has 1 atom stereocenters. The Morgan fingerprint density at radius 3 is 2.76 bits per heavy atom. The van der Waals surface area contributed by atoms with Gasteiger partial charge in [0.2, 0.25) is 5.91 Å². The number of rotatable bonds is 9. The van der Waals surface area contributed by atoms with E-state index >= 15 is 0 Å².